The first-order valence-corrected chi connectivity index (χ1v) is 4.65. The summed E-state index contributed by atoms with van der Waals surface area (Å²) in [4.78, 5) is 0. The molecule has 0 N–H and O–H groups in total. The zero-order valence-corrected chi connectivity index (χ0v) is 8.59. The van der Waals surface area contributed by atoms with Crippen molar-refractivity contribution in [2.45, 2.75) is 40.0 Å². The summed E-state index contributed by atoms with van der Waals surface area (Å²) in [5.74, 6) is 0. The highest BCUT2D eigenvalue weighted by atomic mass is 79.9. The smallest absolute Gasteiger partial charge is 0.00597 e. The molecule has 1 aliphatic carbocycles. The van der Waals surface area contributed by atoms with E-state index in [0.29, 0.717) is 5.41 Å². The van der Waals surface area contributed by atoms with Crippen molar-refractivity contribution in [3.8, 4) is 0 Å². The van der Waals surface area contributed by atoms with E-state index in [0.717, 1.165) is 0 Å². The van der Waals surface area contributed by atoms with Crippen molar-refractivity contribution in [3.63, 3.8) is 0 Å². The number of hydrogen-bond acceptors (Lipinski definition) is 0. The molecule has 0 unspecified atom stereocenters. The van der Waals surface area contributed by atoms with Crippen LogP contribution in [0.1, 0.15) is 40.0 Å². The van der Waals surface area contributed by atoms with E-state index in [1.54, 1.807) is 0 Å². The Balaban J connectivity index is 2.72. The van der Waals surface area contributed by atoms with E-state index in [4.69, 9.17) is 0 Å². The first kappa shape index (κ1) is 8.32. The number of rotatable bonds is 0. The third kappa shape index (κ3) is 1.85. The highest BCUT2D eigenvalue weighted by Gasteiger charge is 2.23. The monoisotopic (exact) mass is 202 g/mol. The van der Waals surface area contributed by atoms with Crippen molar-refractivity contribution in [1.29, 1.82) is 0 Å². The predicted octanol–water partition coefficient (Wildman–Crippen LogP) is 3.87. The molecule has 58 valence electrons. The maximum atomic E-state index is 3.58. The normalized spacial score (nSPS) is 25.2. The van der Waals surface area contributed by atoms with Crippen molar-refractivity contribution in [2.75, 3.05) is 0 Å². The van der Waals surface area contributed by atoms with Gasteiger partial charge in [-0.25, -0.2) is 0 Å². The van der Waals surface area contributed by atoms with Gasteiger partial charge in [0.1, 0.15) is 0 Å². The molecule has 0 saturated carbocycles. The molecule has 0 amide bonds. The lowest BCUT2D eigenvalue weighted by atomic mass is 9.78. The average Bonchev–Trinajstić information content (AvgIpc) is 1.79. The van der Waals surface area contributed by atoms with Crippen LogP contribution < -0.4 is 0 Å². The van der Waals surface area contributed by atoms with Crippen LogP contribution in [-0.2, 0) is 0 Å². The molecule has 0 saturated heterocycles. The van der Waals surface area contributed by atoms with Crippen LogP contribution >= 0.6 is 15.9 Å². The molecule has 0 fully saturated rings. The lowest BCUT2D eigenvalue weighted by Crippen LogP contribution is -2.15. The molecular weight excluding hydrogens is 188 g/mol. The summed E-state index contributed by atoms with van der Waals surface area (Å²) in [5, 5.41) is 0. The molecule has 0 nitrogen and oxygen atoms in total. The zero-order valence-electron chi connectivity index (χ0n) is 7.00. The maximum Gasteiger partial charge on any atom is -0.00597 e. The number of hydrogen-bond donors (Lipinski definition) is 0. The third-order valence-electron chi connectivity index (χ3n) is 2.23. The van der Waals surface area contributed by atoms with Gasteiger partial charge in [-0.2, -0.15) is 0 Å². The molecule has 0 radical (unpaired) electrons. The Morgan fingerprint density at radius 3 is 2.40 bits per heavy atom. The van der Waals surface area contributed by atoms with Crippen molar-refractivity contribution in [1.82, 2.24) is 0 Å². The summed E-state index contributed by atoms with van der Waals surface area (Å²) in [6.45, 7) is 6.91. The Kier molecular flexibility index (Phi) is 2.24. The predicted molar refractivity (Wildman–Crippen MR) is 49.3 cm³/mol. The van der Waals surface area contributed by atoms with E-state index >= 15 is 0 Å². The fourth-order valence-corrected chi connectivity index (χ4v) is 1.90. The molecule has 0 aromatic heterocycles. The van der Waals surface area contributed by atoms with Gasteiger partial charge in [0.2, 0.25) is 0 Å². The second-order valence-electron chi connectivity index (χ2n) is 4.03. The average molecular weight is 203 g/mol. The fourth-order valence-electron chi connectivity index (χ4n) is 1.56. The van der Waals surface area contributed by atoms with Gasteiger partial charge in [0, 0.05) is 0 Å². The minimum absolute atomic E-state index is 0.543. The van der Waals surface area contributed by atoms with Gasteiger partial charge in [-0.05, 0) is 36.1 Å². The molecule has 1 rings (SSSR count). The second kappa shape index (κ2) is 2.69. The summed E-state index contributed by atoms with van der Waals surface area (Å²) in [6, 6.07) is 0. The lowest BCUT2D eigenvalue weighted by molar-refractivity contribution is 0.319. The van der Waals surface area contributed by atoms with Gasteiger partial charge >= 0.3 is 0 Å². The number of halogens is 1. The highest BCUT2D eigenvalue weighted by molar-refractivity contribution is 9.11. The van der Waals surface area contributed by atoms with Crippen molar-refractivity contribution < 1.29 is 0 Å². The summed E-state index contributed by atoms with van der Waals surface area (Å²) >= 11 is 3.58. The molecule has 0 aliphatic heterocycles. The summed E-state index contributed by atoms with van der Waals surface area (Å²) in [5.41, 5.74) is 2.08. The SMILES string of the molecule is CC1=C(Br)CCC(C)(C)C1. The topological polar surface area (TPSA) is 0 Å². The third-order valence-corrected chi connectivity index (χ3v) is 3.30. The Morgan fingerprint density at radius 2 is 2.00 bits per heavy atom. The van der Waals surface area contributed by atoms with E-state index in [1.165, 1.54) is 29.3 Å². The van der Waals surface area contributed by atoms with E-state index in [2.05, 4.69) is 36.7 Å². The summed E-state index contributed by atoms with van der Waals surface area (Å²) < 4.78 is 1.44. The van der Waals surface area contributed by atoms with E-state index in [-0.39, 0.29) is 0 Å². The van der Waals surface area contributed by atoms with Crippen LogP contribution in [0.2, 0.25) is 0 Å². The Morgan fingerprint density at radius 1 is 1.40 bits per heavy atom. The largest absolute Gasteiger partial charge is 0.0627 e. The quantitative estimate of drug-likeness (QED) is 0.560. The first-order chi connectivity index (χ1) is 4.51. The molecule has 0 atom stereocenters. The van der Waals surface area contributed by atoms with E-state index in [9.17, 15) is 0 Å². The van der Waals surface area contributed by atoms with Crippen LogP contribution in [-0.4, -0.2) is 0 Å². The van der Waals surface area contributed by atoms with Gasteiger partial charge in [-0.3, -0.25) is 0 Å². The highest BCUT2D eigenvalue weighted by Crippen LogP contribution is 2.40. The van der Waals surface area contributed by atoms with Crippen molar-refractivity contribution >= 4 is 15.9 Å². The number of allylic oxidation sites excluding steroid dienone is 2. The van der Waals surface area contributed by atoms with Crippen LogP contribution in [0.3, 0.4) is 0 Å². The van der Waals surface area contributed by atoms with Gasteiger partial charge in [0.05, 0.1) is 0 Å². The van der Waals surface area contributed by atoms with E-state index in [1.807, 2.05) is 0 Å². The minimum atomic E-state index is 0.543. The molecule has 1 aliphatic rings. The lowest BCUT2D eigenvalue weighted by Gasteiger charge is -2.30. The molecular formula is C9H15Br. The first-order valence-electron chi connectivity index (χ1n) is 3.85. The van der Waals surface area contributed by atoms with E-state index < -0.39 is 0 Å². The summed E-state index contributed by atoms with van der Waals surface area (Å²) in [7, 11) is 0. The van der Waals surface area contributed by atoms with Gasteiger partial charge in [-0.1, -0.05) is 35.4 Å². The van der Waals surface area contributed by atoms with Crippen molar-refractivity contribution in [3.05, 3.63) is 10.1 Å². The van der Waals surface area contributed by atoms with Gasteiger partial charge < -0.3 is 0 Å². The Hall–Kier alpha value is 0.220. The molecule has 10 heavy (non-hydrogen) atoms. The maximum absolute atomic E-state index is 3.58. The second-order valence-corrected chi connectivity index (χ2v) is 4.98. The molecule has 0 heterocycles. The van der Waals surface area contributed by atoms with Crippen LogP contribution in [0.5, 0.6) is 0 Å². The Labute approximate surface area is 71.8 Å². The molecule has 0 bridgehead atoms. The van der Waals surface area contributed by atoms with Gasteiger partial charge in [-0.15, -0.1) is 0 Å². The van der Waals surface area contributed by atoms with Crippen LogP contribution in [0.4, 0.5) is 0 Å². The van der Waals surface area contributed by atoms with Crippen LogP contribution in [0.25, 0.3) is 0 Å². The zero-order chi connectivity index (χ0) is 7.78. The standard InChI is InChI=1S/C9H15Br/c1-7-6-9(2,3)5-4-8(7)10/h4-6H2,1-3H3. The summed E-state index contributed by atoms with van der Waals surface area (Å²) in [6.07, 6.45) is 3.82. The molecule has 1 heteroatoms. The molecule has 0 aromatic rings. The Bertz CT molecular complexity index is 166. The molecule has 0 spiro atoms. The fraction of sp³-hybridized carbons (Fsp3) is 0.778. The van der Waals surface area contributed by atoms with Gasteiger partial charge in [0.25, 0.3) is 0 Å². The van der Waals surface area contributed by atoms with Crippen LogP contribution in [0.15, 0.2) is 10.1 Å². The van der Waals surface area contributed by atoms with Crippen molar-refractivity contribution in [2.24, 2.45) is 5.41 Å². The minimum Gasteiger partial charge on any atom is -0.0627 e. The van der Waals surface area contributed by atoms with Crippen LogP contribution in [0, 0.1) is 5.41 Å². The molecule has 0 aromatic carbocycles. The van der Waals surface area contributed by atoms with Gasteiger partial charge in [0.15, 0.2) is 0 Å².